The SMILES string of the molecule is O=C1CSC(c2c[nH]nn2)C(=O)N1. The van der Waals surface area contributed by atoms with Gasteiger partial charge in [-0.25, -0.2) is 0 Å². The summed E-state index contributed by atoms with van der Waals surface area (Å²) in [5.41, 5.74) is 0.551. The fourth-order valence-electron chi connectivity index (χ4n) is 1.03. The summed E-state index contributed by atoms with van der Waals surface area (Å²) in [6, 6.07) is 0. The van der Waals surface area contributed by atoms with Crippen LogP contribution in [0.1, 0.15) is 10.9 Å². The Kier molecular flexibility index (Phi) is 2.01. The molecule has 0 spiro atoms. The Morgan fingerprint density at radius 1 is 1.54 bits per heavy atom. The Morgan fingerprint density at radius 3 is 3.00 bits per heavy atom. The molecule has 0 saturated carbocycles. The van der Waals surface area contributed by atoms with Crippen LogP contribution in [0, 0.1) is 0 Å². The van der Waals surface area contributed by atoms with Gasteiger partial charge in [-0.3, -0.25) is 20.0 Å². The fourth-order valence-corrected chi connectivity index (χ4v) is 1.92. The van der Waals surface area contributed by atoms with E-state index in [1.54, 1.807) is 6.20 Å². The van der Waals surface area contributed by atoms with Crippen molar-refractivity contribution in [3.8, 4) is 0 Å². The van der Waals surface area contributed by atoms with Crippen molar-refractivity contribution in [1.29, 1.82) is 0 Å². The van der Waals surface area contributed by atoms with E-state index in [9.17, 15) is 9.59 Å². The number of nitrogens with zero attached hydrogens (tertiary/aromatic N) is 2. The number of thioether (sulfide) groups is 1. The zero-order valence-electron chi connectivity index (χ0n) is 6.48. The van der Waals surface area contributed by atoms with Crippen molar-refractivity contribution < 1.29 is 9.59 Å². The molecule has 68 valence electrons. The highest BCUT2D eigenvalue weighted by molar-refractivity contribution is 8.01. The Bertz CT molecular complexity index is 336. The van der Waals surface area contributed by atoms with Gasteiger partial charge in [0, 0.05) is 6.20 Å². The quantitative estimate of drug-likeness (QED) is 0.579. The summed E-state index contributed by atoms with van der Waals surface area (Å²) >= 11 is 1.25. The van der Waals surface area contributed by atoms with E-state index in [-0.39, 0.29) is 17.6 Å². The number of hydrogen-bond donors (Lipinski definition) is 2. The van der Waals surface area contributed by atoms with Crippen LogP contribution in [0.15, 0.2) is 6.20 Å². The third-order valence-corrected chi connectivity index (χ3v) is 2.80. The summed E-state index contributed by atoms with van der Waals surface area (Å²) in [6.45, 7) is 0. The van der Waals surface area contributed by atoms with Crippen molar-refractivity contribution in [3.05, 3.63) is 11.9 Å². The number of aromatic nitrogens is 3. The third-order valence-electron chi connectivity index (χ3n) is 1.59. The number of hydrogen-bond acceptors (Lipinski definition) is 5. The van der Waals surface area contributed by atoms with E-state index in [1.165, 1.54) is 11.8 Å². The summed E-state index contributed by atoms with van der Waals surface area (Å²) in [4.78, 5) is 22.1. The third kappa shape index (κ3) is 1.55. The largest absolute Gasteiger partial charge is 0.294 e. The second kappa shape index (κ2) is 3.17. The smallest absolute Gasteiger partial charge is 0.245 e. The number of rotatable bonds is 1. The average molecular weight is 198 g/mol. The molecule has 13 heavy (non-hydrogen) atoms. The highest BCUT2D eigenvalue weighted by Gasteiger charge is 2.30. The zero-order valence-corrected chi connectivity index (χ0v) is 7.30. The normalized spacial score (nSPS) is 22.9. The van der Waals surface area contributed by atoms with E-state index in [4.69, 9.17) is 0 Å². The van der Waals surface area contributed by atoms with Gasteiger partial charge in [-0.2, -0.15) is 0 Å². The van der Waals surface area contributed by atoms with Crippen LogP contribution < -0.4 is 5.32 Å². The average Bonchev–Trinajstić information content (AvgIpc) is 2.56. The number of imide groups is 1. The maximum absolute atomic E-state index is 11.3. The van der Waals surface area contributed by atoms with Crippen LogP contribution >= 0.6 is 11.8 Å². The van der Waals surface area contributed by atoms with Gasteiger partial charge in [0.2, 0.25) is 11.8 Å². The van der Waals surface area contributed by atoms with Gasteiger partial charge in [-0.05, 0) is 0 Å². The molecule has 1 fully saturated rings. The molecule has 0 aromatic carbocycles. The molecule has 0 radical (unpaired) electrons. The van der Waals surface area contributed by atoms with E-state index >= 15 is 0 Å². The lowest BCUT2D eigenvalue weighted by Gasteiger charge is -2.17. The molecule has 6 nitrogen and oxygen atoms in total. The Morgan fingerprint density at radius 2 is 2.38 bits per heavy atom. The van der Waals surface area contributed by atoms with Crippen molar-refractivity contribution >= 4 is 23.6 Å². The van der Waals surface area contributed by atoms with Crippen LogP contribution in [0.25, 0.3) is 0 Å². The topological polar surface area (TPSA) is 87.7 Å². The first-order chi connectivity index (χ1) is 6.27. The summed E-state index contributed by atoms with van der Waals surface area (Å²) < 4.78 is 0. The number of amides is 2. The monoisotopic (exact) mass is 198 g/mol. The van der Waals surface area contributed by atoms with Crippen LogP contribution in [0.2, 0.25) is 0 Å². The second-order valence-corrected chi connectivity index (χ2v) is 3.60. The minimum Gasteiger partial charge on any atom is -0.294 e. The minimum atomic E-state index is -0.420. The predicted molar refractivity (Wildman–Crippen MR) is 44.7 cm³/mol. The molecular formula is C6H6N4O2S. The molecule has 2 heterocycles. The molecule has 7 heteroatoms. The summed E-state index contributed by atoms with van der Waals surface area (Å²) in [6.07, 6.45) is 1.55. The predicted octanol–water partition coefficient (Wildman–Crippen LogP) is -0.765. The molecule has 1 unspecified atom stereocenters. The number of H-pyrrole nitrogens is 1. The van der Waals surface area contributed by atoms with Gasteiger partial charge in [0.05, 0.1) is 5.75 Å². The highest BCUT2D eigenvalue weighted by atomic mass is 32.2. The first-order valence-corrected chi connectivity index (χ1v) is 4.64. The van der Waals surface area contributed by atoms with E-state index in [2.05, 4.69) is 20.7 Å². The van der Waals surface area contributed by atoms with Crippen molar-refractivity contribution in [1.82, 2.24) is 20.7 Å². The lowest BCUT2D eigenvalue weighted by molar-refractivity contribution is -0.129. The Hall–Kier alpha value is -1.37. The molecule has 2 N–H and O–H groups in total. The lowest BCUT2D eigenvalue weighted by atomic mass is 10.3. The summed E-state index contributed by atoms with van der Waals surface area (Å²) in [5, 5.41) is 11.6. The molecule has 1 aliphatic rings. The van der Waals surface area contributed by atoms with Gasteiger partial charge in [0.25, 0.3) is 0 Å². The number of nitrogens with one attached hydrogen (secondary N) is 2. The number of aromatic amines is 1. The lowest BCUT2D eigenvalue weighted by Crippen LogP contribution is -2.39. The molecule has 1 saturated heterocycles. The number of carbonyl (C=O) groups excluding carboxylic acids is 2. The highest BCUT2D eigenvalue weighted by Crippen LogP contribution is 2.29. The molecule has 2 rings (SSSR count). The van der Waals surface area contributed by atoms with Gasteiger partial charge < -0.3 is 0 Å². The molecule has 0 aliphatic carbocycles. The molecule has 1 atom stereocenters. The summed E-state index contributed by atoms with van der Waals surface area (Å²) in [5.74, 6) is -0.298. The summed E-state index contributed by atoms with van der Waals surface area (Å²) in [7, 11) is 0. The number of carbonyl (C=O) groups is 2. The van der Waals surface area contributed by atoms with Gasteiger partial charge >= 0.3 is 0 Å². The first-order valence-electron chi connectivity index (χ1n) is 3.59. The first kappa shape index (κ1) is 8.24. The van der Waals surface area contributed by atoms with E-state index in [0.29, 0.717) is 5.69 Å². The second-order valence-electron chi connectivity index (χ2n) is 2.50. The Balaban J connectivity index is 2.17. The standard InChI is InChI=1S/C6H6N4O2S/c11-4-2-13-5(6(12)8-4)3-1-7-10-9-3/h1,5H,2H2,(H,7,9,10)(H,8,11,12). The van der Waals surface area contributed by atoms with Crippen LogP contribution in [-0.2, 0) is 9.59 Å². The van der Waals surface area contributed by atoms with Gasteiger partial charge in [-0.15, -0.1) is 16.9 Å². The van der Waals surface area contributed by atoms with Crippen LogP contribution in [0.3, 0.4) is 0 Å². The molecule has 0 bridgehead atoms. The molecular weight excluding hydrogens is 192 g/mol. The van der Waals surface area contributed by atoms with Crippen molar-refractivity contribution in [2.75, 3.05) is 5.75 Å². The molecule has 1 aliphatic heterocycles. The van der Waals surface area contributed by atoms with Gasteiger partial charge in [-0.1, -0.05) is 5.21 Å². The van der Waals surface area contributed by atoms with E-state index in [0.717, 1.165) is 0 Å². The van der Waals surface area contributed by atoms with Crippen LogP contribution in [0.5, 0.6) is 0 Å². The fraction of sp³-hybridized carbons (Fsp3) is 0.333. The molecule has 1 aromatic heterocycles. The maximum Gasteiger partial charge on any atom is 0.245 e. The van der Waals surface area contributed by atoms with E-state index < -0.39 is 5.25 Å². The van der Waals surface area contributed by atoms with Crippen molar-refractivity contribution in [2.45, 2.75) is 5.25 Å². The van der Waals surface area contributed by atoms with Gasteiger partial charge in [0.1, 0.15) is 10.9 Å². The molecule has 1 aromatic rings. The van der Waals surface area contributed by atoms with E-state index in [1.807, 2.05) is 0 Å². The van der Waals surface area contributed by atoms with Crippen molar-refractivity contribution in [3.63, 3.8) is 0 Å². The Labute approximate surface area is 77.5 Å². The molecule has 2 amide bonds. The van der Waals surface area contributed by atoms with Gasteiger partial charge in [0.15, 0.2) is 0 Å². The minimum absolute atomic E-state index is 0.255. The van der Waals surface area contributed by atoms with Crippen molar-refractivity contribution in [2.24, 2.45) is 0 Å². The van der Waals surface area contributed by atoms with Crippen LogP contribution in [-0.4, -0.2) is 33.0 Å². The van der Waals surface area contributed by atoms with Crippen LogP contribution in [0.4, 0.5) is 0 Å². The maximum atomic E-state index is 11.3. The zero-order chi connectivity index (χ0) is 9.26.